The van der Waals surface area contributed by atoms with Crippen molar-refractivity contribution in [3.63, 3.8) is 0 Å². The van der Waals surface area contributed by atoms with Gasteiger partial charge in [0.2, 0.25) is 3.79 Å². The second-order valence-electron chi connectivity index (χ2n) is 2.23. The lowest BCUT2D eigenvalue weighted by atomic mass is 10.2. The van der Waals surface area contributed by atoms with E-state index in [0.29, 0.717) is 11.3 Å². The van der Waals surface area contributed by atoms with Crippen molar-refractivity contribution in [3.05, 3.63) is 29.8 Å². The Bertz CT molecular complexity index is 267. The van der Waals surface area contributed by atoms with Crippen molar-refractivity contribution in [2.24, 2.45) is 0 Å². The molecule has 0 saturated carbocycles. The first-order valence-electron chi connectivity index (χ1n) is 3.25. The molecule has 0 aliphatic carbocycles. The van der Waals surface area contributed by atoms with E-state index in [0.717, 1.165) is 0 Å². The predicted octanol–water partition coefficient (Wildman–Crippen LogP) is 3.52. The maximum atomic E-state index is 5.66. The lowest BCUT2D eigenvalue weighted by Crippen LogP contribution is -1.99. The Morgan fingerprint density at radius 1 is 1.25 bits per heavy atom. The lowest BCUT2D eigenvalue weighted by molar-refractivity contribution is 0.414. The van der Waals surface area contributed by atoms with Crippen LogP contribution in [0.4, 0.5) is 0 Å². The fraction of sp³-hybridized carbons (Fsp3) is 0.250. The summed E-state index contributed by atoms with van der Waals surface area (Å²) in [5.74, 6) is 0.679. The molecule has 0 aromatic heterocycles. The van der Waals surface area contributed by atoms with E-state index in [1.165, 1.54) is 0 Å². The molecule has 0 atom stereocenters. The number of hydrogen-bond acceptors (Lipinski definition) is 1. The molecule has 0 radical (unpaired) electrons. The largest absolute Gasteiger partial charge is 0.497 e. The normalized spacial score (nSPS) is 11.3. The molecule has 0 saturated heterocycles. The molecule has 0 amide bonds. The first kappa shape index (κ1) is 9.97. The number of rotatable bonds is 1. The fourth-order valence-electron chi connectivity index (χ4n) is 0.799. The highest BCUT2D eigenvalue weighted by Gasteiger charge is 2.22. The number of methoxy groups -OCH3 is 1. The van der Waals surface area contributed by atoms with E-state index in [2.05, 4.69) is 0 Å². The summed E-state index contributed by atoms with van der Waals surface area (Å²) in [5.41, 5.74) is 0.604. The zero-order valence-electron chi connectivity index (χ0n) is 6.35. The predicted molar refractivity (Wildman–Crippen MR) is 52.2 cm³/mol. The molecule has 0 spiro atoms. The second-order valence-corrected chi connectivity index (χ2v) is 4.51. The lowest BCUT2D eigenvalue weighted by Gasteiger charge is -2.11. The maximum Gasteiger partial charge on any atom is 0.216 e. The van der Waals surface area contributed by atoms with Crippen molar-refractivity contribution in [2.75, 3.05) is 7.11 Å². The quantitative estimate of drug-likeness (QED) is 0.665. The van der Waals surface area contributed by atoms with E-state index in [1.54, 1.807) is 31.4 Å². The number of hydrogen-bond donors (Lipinski definition) is 0. The number of ether oxygens (including phenoxy) is 1. The average molecular weight is 226 g/mol. The maximum absolute atomic E-state index is 5.66. The van der Waals surface area contributed by atoms with E-state index in [9.17, 15) is 0 Å². The highest BCUT2D eigenvalue weighted by molar-refractivity contribution is 6.66. The molecule has 1 nitrogen and oxygen atoms in total. The molecule has 0 heterocycles. The second kappa shape index (κ2) is 3.73. The van der Waals surface area contributed by atoms with Gasteiger partial charge >= 0.3 is 0 Å². The molecule has 1 aromatic carbocycles. The van der Waals surface area contributed by atoms with Gasteiger partial charge in [0, 0.05) is 5.56 Å². The minimum absolute atomic E-state index is 0.604. The van der Waals surface area contributed by atoms with Crippen LogP contribution >= 0.6 is 34.8 Å². The van der Waals surface area contributed by atoms with Gasteiger partial charge in [-0.15, -0.1) is 0 Å². The van der Waals surface area contributed by atoms with Crippen LogP contribution in [0.1, 0.15) is 5.56 Å². The van der Waals surface area contributed by atoms with E-state index in [1.807, 2.05) is 0 Å². The molecule has 0 N–H and O–H groups in total. The summed E-state index contributed by atoms with van der Waals surface area (Å²) in [5, 5.41) is 0. The zero-order chi connectivity index (χ0) is 9.19. The molecule has 0 aliphatic rings. The summed E-state index contributed by atoms with van der Waals surface area (Å²) in [6.45, 7) is 0. The van der Waals surface area contributed by atoms with Gasteiger partial charge < -0.3 is 4.74 Å². The summed E-state index contributed by atoms with van der Waals surface area (Å²) >= 11 is 17.0. The fourth-order valence-corrected chi connectivity index (χ4v) is 1.15. The summed E-state index contributed by atoms with van der Waals surface area (Å²) in [6, 6.07) is 6.98. The van der Waals surface area contributed by atoms with Crippen LogP contribution in [0.15, 0.2) is 24.3 Å². The van der Waals surface area contributed by atoms with Gasteiger partial charge in [0.1, 0.15) is 5.75 Å². The molecule has 4 heteroatoms. The Kier molecular flexibility index (Phi) is 3.10. The van der Waals surface area contributed by atoms with Crippen molar-refractivity contribution in [1.82, 2.24) is 0 Å². The topological polar surface area (TPSA) is 9.23 Å². The SMILES string of the molecule is COc1cccc(C(Cl)(Cl)Cl)c1. The highest BCUT2D eigenvalue weighted by Crippen LogP contribution is 2.39. The van der Waals surface area contributed by atoms with Gasteiger partial charge in [-0.3, -0.25) is 0 Å². The van der Waals surface area contributed by atoms with Crippen LogP contribution in [-0.2, 0) is 3.79 Å². The number of alkyl halides is 3. The van der Waals surface area contributed by atoms with E-state index in [-0.39, 0.29) is 0 Å². The van der Waals surface area contributed by atoms with Gasteiger partial charge in [-0.1, -0.05) is 46.9 Å². The summed E-state index contributed by atoms with van der Waals surface area (Å²) < 4.78 is 3.59. The Labute approximate surface area is 86.2 Å². The molecule has 1 aromatic rings. The summed E-state index contributed by atoms with van der Waals surface area (Å²) in [7, 11) is 1.57. The highest BCUT2D eigenvalue weighted by atomic mass is 35.6. The van der Waals surface area contributed by atoms with Crippen molar-refractivity contribution < 1.29 is 4.74 Å². The van der Waals surface area contributed by atoms with Crippen LogP contribution in [0.25, 0.3) is 0 Å². The molecule has 12 heavy (non-hydrogen) atoms. The third-order valence-corrected chi connectivity index (χ3v) is 2.05. The van der Waals surface area contributed by atoms with Gasteiger partial charge in [-0.2, -0.15) is 0 Å². The average Bonchev–Trinajstić information content (AvgIpc) is 2.03. The number of benzene rings is 1. The first-order chi connectivity index (χ1) is 5.54. The van der Waals surface area contributed by atoms with Crippen molar-refractivity contribution in [2.45, 2.75) is 3.79 Å². The van der Waals surface area contributed by atoms with Crippen LogP contribution < -0.4 is 4.74 Å². The smallest absolute Gasteiger partial charge is 0.216 e. The summed E-state index contributed by atoms with van der Waals surface area (Å²) in [4.78, 5) is 0. The van der Waals surface area contributed by atoms with Gasteiger partial charge in [-0.05, 0) is 12.1 Å². The third-order valence-electron chi connectivity index (χ3n) is 1.40. The van der Waals surface area contributed by atoms with Crippen molar-refractivity contribution in [3.8, 4) is 5.75 Å². The molecule has 1 rings (SSSR count). The zero-order valence-corrected chi connectivity index (χ0v) is 8.62. The van der Waals surface area contributed by atoms with Crippen LogP contribution in [0, 0.1) is 0 Å². The molecular weight excluding hydrogens is 218 g/mol. The van der Waals surface area contributed by atoms with Gasteiger partial charge in [0.05, 0.1) is 7.11 Å². The molecule has 66 valence electrons. The van der Waals surface area contributed by atoms with Crippen molar-refractivity contribution in [1.29, 1.82) is 0 Å². The Balaban J connectivity index is 3.02. The number of halogens is 3. The Morgan fingerprint density at radius 2 is 1.92 bits per heavy atom. The minimum Gasteiger partial charge on any atom is -0.497 e. The van der Waals surface area contributed by atoms with E-state index < -0.39 is 3.79 Å². The van der Waals surface area contributed by atoms with Gasteiger partial charge in [-0.25, -0.2) is 0 Å². The molecule has 0 unspecified atom stereocenters. The molecule has 0 bridgehead atoms. The van der Waals surface area contributed by atoms with Crippen molar-refractivity contribution >= 4 is 34.8 Å². The third kappa shape index (κ3) is 2.44. The van der Waals surface area contributed by atoms with Gasteiger partial charge in [0.15, 0.2) is 0 Å². The standard InChI is InChI=1S/C8H7Cl3O/c1-12-7-4-2-3-6(5-7)8(9,10)11/h2-5H,1H3. The molecule has 0 fully saturated rings. The van der Waals surface area contributed by atoms with Crippen LogP contribution in [-0.4, -0.2) is 7.11 Å². The van der Waals surface area contributed by atoms with Crippen LogP contribution in [0.2, 0.25) is 0 Å². The van der Waals surface area contributed by atoms with Gasteiger partial charge in [0.25, 0.3) is 0 Å². The van der Waals surface area contributed by atoms with Crippen LogP contribution in [0.5, 0.6) is 5.75 Å². The van der Waals surface area contributed by atoms with E-state index >= 15 is 0 Å². The van der Waals surface area contributed by atoms with E-state index in [4.69, 9.17) is 39.5 Å². The first-order valence-corrected chi connectivity index (χ1v) is 4.38. The minimum atomic E-state index is -1.38. The molecule has 0 aliphatic heterocycles. The Morgan fingerprint density at radius 3 is 2.42 bits per heavy atom. The van der Waals surface area contributed by atoms with Crippen LogP contribution in [0.3, 0.4) is 0 Å². The molecular formula is C8H7Cl3O. The Hall–Kier alpha value is -0.110. The summed E-state index contributed by atoms with van der Waals surface area (Å²) in [6.07, 6.45) is 0. The monoisotopic (exact) mass is 224 g/mol.